The number of benzene rings is 1. The molecule has 0 bridgehead atoms. The summed E-state index contributed by atoms with van der Waals surface area (Å²) in [5.41, 5.74) is 2.24. The fraction of sp³-hybridized carbons (Fsp3) is 0.222. The molecule has 1 aromatic carbocycles. The van der Waals surface area contributed by atoms with Crippen LogP contribution in [0, 0.1) is 0 Å². The minimum atomic E-state index is 0.570. The zero-order chi connectivity index (χ0) is 18.2. The first-order chi connectivity index (χ1) is 13.3. The molecule has 3 aromatic heterocycles. The number of anilines is 1. The molecule has 1 saturated carbocycles. The van der Waals surface area contributed by atoms with Gasteiger partial charge in [0.25, 0.3) is 0 Å². The van der Waals surface area contributed by atoms with Crippen molar-refractivity contribution < 1.29 is 4.74 Å². The minimum absolute atomic E-state index is 0.570. The van der Waals surface area contributed by atoms with Gasteiger partial charge in [0.2, 0.25) is 5.13 Å². The van der Waals surface area contributed by atoms with Crippen molar-refractivity contribution in [3.05, 3.63) is 36.0 Å². The molecule has 6 nitrogen and oxygen atoms in total. The van der Waals surface area contributed by atoms with Gasteiger partial charge in [-0.15, -0.1) is 21.5 Å². The SMILES string of the molecule is COc1ccc(-c2csc3ncnc(Sc4nnc(NC5CC5)s4)c23)cc1. The maximum Gasteiger partial charge on any atom is 0.206 e. The molecule has 3 heterocycles. The number of thiophene rings is 1. The number of nitrogens with zero attached hydrogens (tertiary/aromatic N) is 4. The van der Waals surface area contributed by atoms with Crippen molar-refractivity contribution >= 4 is 49.8 Å². The molecule has 5 rings (SSSR count). The smallest absolute Gasteiger partial charge is 0.206 e. The highest BCUT2D eigenvalue weighted by Gasteiger charge is 2.23. The summed E-state index contributed by atoms with van der Waals surface area (Å²) in [7, 11) is 1.67. The Morgan fingerprint density at radius 3 is 2.78 bits per heavy atom. The largest absolute Gasteiger partial charge is 0.497 e. The molecule has 1 fully saturated rings. The van der Waals surface area contributed by atoms with Gasteiger partial charge in [0, 0.05) is 17.0 Å². The summed E-state index contributed by atoms with van der Waals surface area (Å²) in [5.74, 6) is 0.841. The molecular weight excluding hydrogens is 398 g/mol. The van der Waals surface area contributed by atoms with Crippen LogP contribution in [0.2, 0.25) is 0 Å². The fourth-order valence-corrected chi connectivity index (χ4v) is 5.53. The van der Waals surface area contributed by atoms with E-state index in [-0.39, 0.29) is 0 Å². The third-order valence-corrected chi connectivity index (χ3v) is 7.03. The monoisotopic (exact) mass is 413 g/mol. The Labute approximate surface area is 168 Å². The van der Waals surface area contributed by atoms with Crippen molar-refractivity contribution in [2.75, 3.05) is 12.4 Å². The molecule has 0 amide bonds. The van der Waals surface area contributed by atoms with Crippen LogP contribution in [-0.2, 0) is 0 Å². The molecule has 9 heteroatoms. The van der Waals surface area contributed by atoms with Crippen molar-refractivity contribution in [1.29, 1.82) is 0 Å². The molecule has 0 radical (unpaired) electrons. The van der Waals surface area contributed by atoms with E-state index >= 15 is 0 Å². The number of hydrogen-bond donors (Lipinski definition) is 1. The second kappa shape index (κ2) is 7.06. The van der Waals surface area contributed by atoms with Crippen molar-refractivity contribution in [2.45, 2.75) is 28.2 Å². The van der Waals surface area contributed by atoms with Crippen LogP contribution in [0.4, 0.5) is 5.13 Å². The zero-order valence-corrected chi connectivity index (χ0v) is 16.8. The third-order valence-electron chi connectivity index (χ3n) is 4.23. The lowest BCUT2D eigenvalue weighted by atomic mass is 10.1. The van der Waals surface area contributed by atoms with Gasteiger partial charge < -0.3 is 10.1 Å². The molecule has 1 N–H and O–H groups in total. The van der Waals surface area contributed by atoms with Gasteiger partial charge in [0.05, 0.1) is 12.5 Å². The minimum Gasteiger partial charge on any atom is -0.497 e. The Kier molecular flexibility index (Phi) is 4.42. The fourth-order valence-electron chi connectivity index (χ4n) is 2.70. The molecule has 1 aliphatic carbocycles. The predicted octanol–water partition coefficient (Wildman–Crippen LogP) is 4.94. The predicted molar refractivity (Wildman–Crippen MR) is 110 cm³/mol. The third kappa shape index (κ3) is 3.50. The standard InChI is InChI=1S/C18H15N5OS3/c1-24-12-6-2-10(3-7-12)13-8-25-15-14(13)16(20-9-19-15)26-18-23-22-17(27-18)21-11-4-5-11/h2-3,6-9,11H,4-5H2,1H3,(H,21,22). The summed E-state index contributed by atoms with van der Waals surface area (Å²) in [5, 5.41) is 16.9. The van der Waals surface area contributed by atoms with Crippen LogP contribution in [0.3, 0.4) is 0 Å². The van der Waals surface area contributed by atoms with Crippen LogP contribution < -0.4 is 10.1 Å². The Hall–Kier alpha value is -2.23. The molecule has 27 heavy (non-hydrogen) atoms. The van der Waals surface area contributed by atoms with Crippen LogP contribution in [0.15, 0.2) is 45.3 Å². The lowest BCUT2D eigenvalue weighted by Gasteiger charge is -2.05. The van der Waals surface area contributed by atoms with Crippen LogP contribution in [0.5, 0.6) is 5.75 Å². The van der Waals surface area contributed by atoms with E-state index in [2.05, 4.69) is 43.0 Å². The molecule has 0 saturated heterocycles. The van der Waals surface area contributed by atoms with Gasteiger partial charge in [-0.1, -0.05) is 23.5 Å². The summed E-state index contributed by atoms with van der Waals surface area (Å²) < 4.78 is 6.14. The average Bonchev–Trinajstić information content (AvgIpc) is 3.23. The molecule has 0 aliphatic heterocycles. The highest BCUT2D eigenvalue weighted by Crippen LogP contribution is 2.41. The Morgan fingerprint density at radius 2 is 2.00 bits per heavy atom. The number of methoxy groups -OCH3 is 1. The van der Waals surface area contributed by atoms with E-state index in [0.29, 0.717) is 6.04 Å². The van der Waals surface area contributed by atoms with Gasteiger partial charge in [-0.2, -0.15) is 0 Å². The Bertz CT molecular complexity index is 1090. The van der Waals surface area contributed by atoms with Crippen LogP contribution in [-0.4, -0.2) is 33.3 Å². The van der Waals surface area contributed by atoms with E-state index in [1.165, 1.54) is 12.8 Å². The van der Waals surface area contributed by atoms with E-state index in [1.807, 2.05) is 12.1 Å². The first-order valence-corrected chi connectivity index (χ1v) is 11.0. The number of hydrogen-bond acceptors (Lipinski definition) is 9. The maximum absolute atomic E-state index is 5.26. The summed E-state index contributed by atoms with van der Waals surface area (Å²) >= 11 is 4.74. The molecule has 0 spiro atoms. The van der Waals surface area contributed by atoms with Crippen LogP contribution >= 0.6 is 34.4 Å². The molecule has 4 aromatic rings. The summed E-state index contributed by atoms with van der Waals surface area (Å²) in [6, 6.07) is 8.63. The second-order valence-electron chi connectivity index (χ2n) is 6.13. The Balaban J connectivity index is 1.50. The number of aromatic nitrogens is 4. The maximum atomic E-state index is 5.26. The van der Waals surface area contributed by atoms with Gasteiger partial charge >= 0.3 is 0 Å². The topological polar surface area (TPSA) is 72.8 Å². The second-order valence-corrected chi connectivity index (χ2v) is 9.20. The van der Waals surface area contributed by atoms with Gasteiger partial charge in [0.1, 0.15) is 21.9 Å². The number of rotatable bonds is 6. The normalized spacial score (nSPS) is 13.8. The number of fused-ring (bicyclic) bond motifs is 1. The van der Waals surface area contributed by atoms with E-state index in [1.54, 1.807) is 47.9 Å². The average molecular weight is 414 g/mol. The first-order valence-electron chi connectivity index (χ1n) is 8.44. The van der Waals surface area contributed by atoms with Gasteiger partial charge in [0.15, 0.2) is 4.34 Å². The van der Waals surface area contributed by atoms with Gasteiger partial charge in [-0.3, -0.25) is 0 Å². The molecule has 1 aliphatic rings. The number of ether oxygens (including phenoxy) is 1. The van der Waals surface area contributed by atoms with Crippen molar-refractivity contribution in [2.24, 2.45) is 0 Å². The van der Waals surface area contributed by atoms with Crippen LogP contribution in [0.25, 0.3) is 21.3 Å². The molecular formula is C18H15N5OS3. The molecule has 0 atom stereocenters. The highest BCUT2D eigenvalue weighted by molar-refractivity contribution is 8.01. The van der Waals surface area contributed by atoms with E-state index < -0.39 is 0 Å². The number of nitrogens with one attached hydrogen (secondary N) is 1. The lowest BCUT2D eigenvalue weighted by Crippen LogP contribution is -1.99. The van der Waals surface area contributed by atoms with Gasteiger partial charge in [-0.05, 0) is 42.3 Å². The quantitative estimate of drug-likeness (QED) is 0.449. The van der Waals surface area contributed by atoms with E-state index in [0.717, 1.165) is 41.6 Å². The lowest BCUT2D eigenvalue weighted by molar-refractivity contribution is 0.415. The van der Waals surface area contributed by atoms with E-state index in [4.69, 9.17) is 4.74 Å². The zero-order valence-electron chi connectivity index (χ0n) is 14.4. The summed E-state index contributed by atoms with van der Waals surface area (Å²) in [4.78, 5) is 9.94. The van der Waals surface area contributed by atoms with E-state index in [9.17, 15) is 0 Å². The van der Waals surface area contributed by atoms with Crippen molar-refractivity contribution in [1.82, 2.24) is 20.2 Å². The molecule has 0 unspecified atom stereocenters. The summed E-state index contributed by atoms with van der Waals surface area (Å²) in [6.45, 7) is 0. The summed E-state index contributed by atoms with van der Waals surface area (Å²) in [6.07, 6.45) is 4.05. The highest BCUT2D eigenvalue weighted by atomic mass is 32.2. The van der Waals surface area contributed by atoms with Gasteiger partial charge in [-0.25, -0.2) is 9.97 Å². The van der Waals surface area contributed by atoms with Crippen molar-refractivity contribution in [3.63, 3.8) is 0 Å². The Morgan fingerprint density at radius 1 is 1.15 bits per heavy atom. The first kappa shape index (κ1) is 16.9. The molecule has 136 valence electrons. The van der Waals surface area contributed by atoms with Crippen LogP contribution in [0.1, 0.15) is 12.8 Å². The van der Waals surface area contributed by atoms with Crippen molar-refractivity contribution in [3.8, 4) is 16.9 Å².